The zero-order valence-electron chi connectivity index (χ0n) is 54.3. The summed E-state index contributed by atoms with van der Waals surface area (Å²) in [5, 5.41) is 71.9. The zero-order valence-corrected chi connectivity index (χ0v) is 56.7. The number of carbonyl (C=O) groups is 13. The molecule has 0 bridgehead atoms. The van der Waals surface area contributed by atoms with Crippen LogP contribution in [0.3, 0.4) is 0 Å². The second kappa shape index (κ2) is 38.4. The van der Waals surface area contributed by atoms with E-state index in [9.17, 15) is 83.4 Å². The number of carboxylic acid groups (broad SMARTS) is 4. The summed E-state index contributed by atoms with van der Waals surface area (Å²) in [7, 11) is 2.06. The van der Waals surface area contributed by atoms with Gasteiger partial charge in [-0.05, 0) is 54.9 Å². The van der Waals surface area contributed by atoms with E-state index >= 15 is 9.59 Å². The molecule has 0 spiro atoms. The first-order valence-corrected chi connectivity index (χ1v) is 35.0. The SMILES string of the molecule is CCC(=O)[C@@H]1CSSC[C@H](NC(=O)[C@@H](CC(=O)[C@H](Cc2ccccc2)NC(=O)CCC(C(=O)O)N2CCN(CC(=O)O)CCN(CC(=O)O)CC2)Cc2c[nH]cn2)C(=O)N2C[C@H](O)C[C@H]2C(=O)C[C@@H](Cc2ccc(O)c(Cl)c2)C(=O)N[C@@H](CC(=O)O)C(=O)C[C@@H](CC(C)C)C(=O)N1. The maximum absolute atomic E-state index is 15.3. The number of hydrogen-bond donors (Lipinski definition) is 11. The molecule has 32 heteroatoms. The van der Waals surface area contributed by atoms with E-state index in [1.807, 2.05) is 0 Å². The van der Waals surface area contributed by atoms with Gasteiger partial charge in [0.05, 0.1) is 72.7 Å². The van der Waals surface area contributed by atoms with Crippen LogP contribution in [-0.4, -0.2) is 250 Å². The third-order valence-corrected chi connectivity index (χ3v) is 19.9. The molecule has 3 fully saturated rings. The van der Waals surface area contributed by atoms with Crippen LogP contribution in [0.25, 0.3) is 0 Å². The number of imidazole rings is 1. The van der Waals surface area contributed by atoms with Crippen LogP contribution in [0.15, 0.2) is 61.1 Å². The number of benzene rings is 2. The van der Waals surface area contributed by atoms with Crippen molar-refractivity contribution >= 4 is 110 Å². The molecule has 0 radical (unpaired) electrons. The number of aromatic hydroxyl groups is 1. The number of aliphatic hydroxyl groups excluding tert-OH is 1. The van der Waals surface area contributed by atoms with E-state index < -0.39 is 175 Å². The number of phenolic OH excluding ortho intramolecular Hbond substituents is 1. The average Bonchev–Trinajstić information content (AvgIpc) is 1.73. The predicted octanol–water partition coefficient (Wildman–Crippen LogP) is 1.64. The van der Waals surface area contributed by atoms with E-state index in [1.54, 1.807) is 65.8 Å². The van der Waals surface area contributed by atoms with E-state index in [4.69, 9.17) is 11.6 Å². The first-order chi connectivity index (χ1) is 46.1. The molecule has 2 aromatic carbocycles. The summed E-state index contributed by atoms with van der Waals surface area (Å²) >= 11 is 6.26. The molecule has 3 aliphatic heterocycles. The lowest BCUT2D eigenvalue weighted by molar-refractivity contribution is -0.145. The minimum Gasteiger partial charge on any atom is -0.506 e. The Morgan fingerprint density at radius 1 is 0.773 bits per heavy atom. The minimum absolute atomic E-state index is 0.0380. The van der Waals surface area contributed by atoms with Gasteiger partial charge in [0, 0.05) is 120 Å². The first-order valence-electron chi connectivity index (χ1n) is 32.2. The van der Waals surface area contributed by atoms with Gasteiger partial charge in [0.1, 0.15) is 17.8 Å². The summed E-state index contributed by atoms with van der Waals surface area (Å²) in [6, 6.07) is 4.09. The molecule has 29 nitrogen and oxygen atoms in total. The predicted molar refractivity (Wildman–Crippen MR) is 355 cm³/mol. The fourth-order valence-electron chi connectivity index (χ4n) is 12.1. The largest absolute Gasteiger partial charge is 0.506 e. The maximum atomic E-state index is 15.3. The normalized spacial score (nSPS) is 22.9. The summed E-state index contributed by atoms with van der Waals surface area (Å²) in [4.78, 5) is 192. The van der Waals surface area contributed by atoms with Gasteiger partial charge in [-0.25, -0.2) is 4.98 Å². The Hall–Kier alpha value is -7.81. The van der Waals surface area contributed by atoms with Crippen molar-refractivity contribution in [3.63, 3.8) is 0 Å². The molecular formula is C65H87ClN10O19S2. The monoisotopic (exact) mass is 1410 g/mol. The van der Waals surface area contributed by atoms with Crippen molar-refractivity contribution in [3.05, 3.63) is 82.9 Å². The number of Topliss-reactive ketones (excluding diaryl/α,β-unsaturated/α-hetero) is 4. The number of phenols is 1. The molecule has 1 unspecified atom stereocenters. The lowest BCUT2D eigenvalue weighted by Gasteiger charge is -2.31. The Morgan fingerprint density at radius 3 is 2.01 bits per heavy atom. The van der Waals surface area contributed by atoms with Gasteiger partial charge in [0.15, 0.2) is 23.1 Å². The number of halogens is 1. The van der Waals surface area contributed by atoms with Gasteiger partial charge < -0.3 is 61.8 Å². The molecule has 0 aliphatic carbocycles. The number of carboxylic acids is 4. The van der Waals surface area contributed by atoms with E-state index in [0.29, 0.717) is 16.8 Å². The number of nitrogens with one attached hydrogen (secondary N) is 5. The number of aromatic amines is 1. The number of aromatic nitrogens is 2. The smallest absolute Gasteiger partial charge is 0.320 e. The fraction of sp³-hybridized carbons (Fsp3) is 0.569. The number of aliphatic carboxylic acids is 4. The Kier molecular flexibility index (Phi) is 30.9. The number of aliphatic hydroxyl groups is 1. The van der Waals surface area contributed by atoms with Crippen molar-refractivity contribution in [2.75, 3.05) is 70.4 Å². The lowest BCUT2D eigenvalue weighted by Crippen LogP contribution is -2.54. The van der Waals surface area contributed by atoms with Crippen molar-refractivity contribution in [1.29, 1.82) is 0 Å². The molecule has 4 heterocycles. The van der Waals surface area contributed by atoms with Crippen LogP contribution in [-0.2, 0) is 81.6 Å². The lowest BCUT2D eigenvalue weighted by atomic mass is 9.87. The molecule has 5 amide bonds. The van der Waals surface area contributed by atoms with Gasteiger partial charge in [-0.3, -0.25) is 77.0 Å². The molecule has 0 saturated carbocycles. The van der Waals surface area contributed by atoms with Crippen molar-refractivity contribution in [2.45, 2.75) is 140 Å². The molecule has 6 rings (SSSR count). The molecule has 97 heavy (non-hydrogen) atoms. The van der Waals surface area contributed by atoms with E-state index in [1.165, 1.54) is 30.7 Å². The molecule has 10 atom stereocenters. The van der Waals surface area contributed by atoms with Crippen LogP contribution in [0.5, 0.6) is 5.75 Å². The van der Waals surface area contributed by atoms with Gasteiger partial charge in [-0.15, -0.1) is 0 Å². The highest BCUT2D eigenvalue weighted by Crippen LogP contribution is 2.31. The van der Waals surface area contributed by atoms with Crippen molar-refractivity contribution in [2.24, 2.45) is 23.7 Å². The van der Waals surface area contributed by atoms with Gasteiger partial charge in [-0.2, -0.15) is 0 Å². The van der Waals surface area contributed by atoms with Gasteiger partial charge >= 0.3 is 23.9 Å². The quantitative estimate of drug-likeness (QED) is 0.0483. The molecule has 530 valence electrons. The van der Waals surface area contributed by atoms with Crippen LogP contribution in [0.4, 0.5) is 0 Å². The second-order valence-corrected chi connectivity index (χ2v) is 28.1. The van der Waals surface area contributed by atoms with E-state index in [-0.39, 0.29) is 125 Å². The Balaban J connectivity index is 1.32. The van der Waals surface area contributed by atoms with Gasteiger partial charge in [-0.1, -0.05) is 90.4 Å². The first kappa shape index (κ1) is 78.2. The molecule has 11 N–H and O–H groups in total. The third-order valence-electron chi connectivity index (χ3n) is 17.2. The molecule has 3 aliphatic rings. The molecular weight excluding hydrogens is 1320 g/mol. The highest BCUT2D eigenvalue weighted by atomic mass is 35.5. The van der Waals surface area contributed by atoms with Crippen LogP contribution >= 0.6 is 33.2 Å². The van der Waals surface area contributed by atoms with E-state index in [0.717, 1.165) is 26.5 Å². The second-order valence-electron chi connectivity index (χ2n) is 25.1. The molecule has 3 aromatic rings. The Morgan fingerprint density at radius 2 is 1.41 bits per heavy atom. The van der Waals surface area contributed by atoms with Crippen LogP contribution < -0.4 is 21.3 Å². The number of amides is 5. The summed E-state index contributed by atoms with van der Waals surface area (Å²) in [6.07, 6.45) is -2.75. The fourth-order valence-corrected chi connectivity index (χ4v) is 14.7. The molecule has 1 aromatic heterocycles. The average molecular weight is 1410 g/mol. The van der Waals surface area contributed by atoms with Crippen molar-refractivity contribution < 1.29 is 93.0 Å². The summed E-state index contributed by atoms with van der Waals surface area (Å²) in [5.74, 6) is -16.5. The Labute approximate surface area is 573 Å². The summed E-state index contributed by atoms with van der Waals surface area (Å²) < 4.78 is 0. The van der Waals surface area contributed by atoms with Crippen LogP contribution in [0.1, 0.15) is 95.4 Å². The van der Waals surface area contributed by atoms with Crippen LogP contribution in [0, 0.1) is 23.7 Å². The Bertz CT molecular complexity index is 3250. The topological polar surface area (TPSA) is 433 Å². The van der Waals surface area contributed by atoms with Crippen molar-refractivity contribution in [3.8, 4) is 5.75 Å². The zero-order chi connectivity index (χ0) is 71.0. The number of nitrogens with zero attached hydrogens (tertiary/aromatic N) is 5. The van der Waals surface area contributed by atoms with Crippen LogP contribution in [0.2, 0.25) is 5.02 Å². The maximum Gasteiger partial charge on any atom is 0.320 e. The number of fused-ring (bicyclic) bond motifs is 1. The van der Waals surface area contributed by atoms with Crippen molar-refractivity contribution in [1.82, 2.24) is 50.8 Å². The van der Waals surface area contributed by atoms with Gasteiger partial charge in [0.25, 0.3) is 0 Å². The number of rotatable bonds is 27. The summed E-state index contributed by atoms with van der Waals surface area (Å²) in [5.41, 5.74) is 1.23. The van der Waals surface area contributed by atoms with Gasteiger partial charge in [0.2, 0.25) is 29.5 Å². The highest BCUT2D eigenvalue weighted by Gasteiger charge is 2.44. The number of ketones is 4. The third kappa shape index (κ3) is 25.2. The minimum atomic E-state index is -1.71. The van der Waals surface area contributed by atoms with E-state index in [2.05, 4.69) is 31.2 Å². The standard InChI is InChI=1S/C65H87ClN10O19S2/c1-4-52(78)48-34-96-97-35-49(64(93)76-31-44(77)28-51(76)56(82)27-41(21-39-10-12-53(79)45(66)22-39)62(91)70-47(29-58(84)85)55(81)25-40(20-37(2)3)61(90)71-48)72-63(92)42(24-43-30-67-36-68-43)26-54(80)46(23-38-8-6-5-7-9-38)69-57(83)13-11-50(65(94)95)75-18-16-73(32-59(86)87)14-15-74(17-19-75)33-60(88)89/h5-10,12,22,30,36-37,40-42,44,46-51,77,79H,4,11,13-21,23-29,31-35H2,1-3H3,(H,67,68)(H,69,83)(H,70,91)(H,71,90)(H,72,92)(H,84,85)(H,86,87)(H,88,89)(H,94,95)/t40-,41-,42-,44-,46+,47+,48+,49+,50?,51+/m1/s1. The summed E-state index contributed by atoms with van der Waals surface area (Å²) in [6.45, 7) is 4.72. The molecule has 3 saturated heterocycles. The number of hydrogen-bond acceptors (Lipinski definition) is 21. The number of carbonyl (C=O) groups excluding carboxylic acids is 9. The number of H-pyrrole nitrogens is 1. The highest BCUT2D eigenvalue weighted by molar-refractivity contribution is 8.76.